The van der Waals surface area contributed by atoms with E-state index in [0.29, 0.717) is 17.1 Å². The van der Waals surface area contributed by atoms with Crippen LogP contribution in [0, 0.1) is 0 Å². The Morgan fingerprint density at radius 2 is 1.89 bits per heavy atom. The Balaban J connectivity index is 1.84. The number of carbonyl (C=O) groups is 1. The summed E-state index contributed by atoms with van der Waals surface area (Å²) in [5.74, 6) is 1.19. The Bertz CT molecular complexity index is 965. The lowest BCUT2D eigenvalue weighted by Gasteiger charge is -2.18. The molecule has 3 aromatic rings. The standard InChI is InChI=1S/C20H24N4O3/c1-12(2)24-19-14(11-22-24)8-15(10-21-19)20(25)23-13(3)17-9-16(26-4)6-7-18(17)27-5/h6-13H,1-5H3,(H,23,25)/t13-/m1/s1. The van der Waals surface area contributed by atoms with Crippen molar-refractivity contribution in [2.75, 3.05) is 14.2 Å². The van der Waals surface area contributed by atoms with Crippen LogP contribution in [-0.2, 0) is 0 Å². The van der Waals surface area contributed by atoms with Gasteiger partial charge in [0.1, 0.15) is 11.5 Å². The number of fused-ring (bicyclic) bond motifs is 1. The van der Waals surface area contributed by atoms with Gasteiger partial charge in [0, 0.05) is 23.2 Å². The van der Waals surface area contributed by atoms with Crippen molar-refractivity contribution in [3.05, 3.63) is 47.8 Å². The molecule has 0 aliphatic heterocycles. The van der Waals surface area contributed by atoms with Crippen LogP contribution in [0.15, 0.2) is 36.7 Å². The summed E-state index contributed by atoms with van der Waals surface area (Å²) in [6, 6.07) is 7.25. The van der Waals surface area contributed by atoms with Crippen LogP contribution in [-0.4, -0.2) is 34.9 Å². The maximum Gasteiger partial charge on any atom is 0.253 e. The lowest BCUT2D eigenvalue weighted by Crippen LogP contribution is -2.27. The molecule has 2 aromatic heterocycles. The minimum absolute atomic E-state index is 0.204. The number of aromatic nitrogens is 3. The van der Waals surface area contributed by atoms with Gasteiger partial charge in [0.05, 0.1) is 32.0 Å². The highest BCUT2D eigenvalue weighted by Crippen LogP contribution is 2.29. The molecule has 0 fully saturated rings. The second-order valence-corrected chi connectivity index (χ2v) is 6.62. The number of rotatable bonds is 6. The molecular weight excluding hydrogens is 344 g/mol. The summed E-state index contributed by atoms with van der Waals surface area (Å²) in [5, 5.41) is 8.16. The second kappa shape index (κ2) is 7.65. The zero-order valence-corrected chi connectivity index (χ0v) is 16.2. The molecule has 3 rings (SSSR count). The first-order valence-corrected chi connectivity index (χ1v) is 8.80. The van der Waals surface area contributed by atoms with Gasteiger partial charge in [-0.1, -0.05) is 0 Å². The molecule has 1 aromatic carbocycles. The van der Waals surface area contributed by atoms with E-state index in [-0.39, 0.29) is 18.0 Å². The van der Waals surface area contributed by atoms with E-state index in [1.807, 2.05) is 43.7 Å². The van der Waals surface area contributed by atoms with Gasteiger partial charge in [-0.3, -0.25) is 4.79 Å². The zero-order chi connectivity index (χ0) is 19.6. The number of hydrogen-bond donors (Lipinski definition) is 1. The fourth-order valence-electron chi connectivity index (χ4n) is 2.98. The van der Waals surface area contributed by atoms with Crippen LogP contribution >= 0.6 is 0 Å². The third-order valence-electron chi connectivity index (χ3n) is 4.44. The molecule has 142 valence electrons. The van der Waals surface area contributed by atoms with E-state index in [1.54, 1.807) is 32.7 Å². The average Bonchev–Trinajstić information content (AvgIpc) is 3.10. The molecule has 0 saturated heterocycles. The molecule has 0 unspecified atom stereocenters. The van der Waals surface area contributed by atoms with Gasteiger partial charge in [-0.25, -0.2) is 9.67 Å². The third kappa shape index (κ3) is 3.72. The minimum atomic E-state index is -0.267. The van der Waals surface area contributed by atoms with Crippen LogP contribution in [0.5, 0.6) is 11.5 Å². The van der Waals surface area contributed by atoms with Crippen molar-refractivity contribution in [3.63, 3.8) is 0 Å². The van der Waals surface area contributed by atoms with Gasteiger partial charge < -0.3 is 14.8 Å². The molecule has 7 nitrogen and oxygen atoms in total. The Morgan fingerprint density at radius 3 is 2.56 bits per heavy atom. The number of ether oxygens (including phenoxy) is 2. The summed E-state index contributed by atoms with van der Waals surface area (Å²) >= 11 is 0. The number of methoxy groups -OCH3 is 2. The lowest BCUT2D eigenvalue weighted by atomic mass is 10.1. The molecule has 0 saturated carbocycles. The van der Waals surface area contributed by atoms with E-state index in [9.17, 15) is 4.79 Å². The van der Waals surface area contributed by atoms with Gasteiger partial charge in [0.2, 0.25) is 0 Å². The molecule has 1 amide bonds. The molecule has 0 spiro atoms. The molecule has 0 aliphatic rings. The van der Waals surface area contributed by atoms with Crippen molar-refractivity contribution in [3.8, 4) is 11.5 Å². The monoisotopic (exact) mass is 368 g/mol. The molecule has 0 bridgehead atoms. The van der Waals surface area contributed by atoms with Crippen LogP contribution in [0.4, 0.5) is 0 Å². The summed E-state index contributed by atoms with van der Waals surface area (Å²) in [6.07, 6.45) is 3.31. The van der Waals surface area contributed by atoms with Crippen LogP contribution in [0.1, 0.15) is 48.8 Å². The van der Waals surface area contributed by atoms with E-state index >= 15 is 0 Å². The van der Waals surface area contributed by atoms with Gasteiger partial charge >= 0.3 is 0 Å². The zero-order valence-electron chi connectivity index (χ0n) is 16.2. The van der Waals surface area contributed by atoms with Crippen molar-refractivity contribution in [1.82, 2.24) is 20.1 Å². The molecule has 0 radical (unpaired) electrons. The molecule has 1 N–H and O–H groups in total. The number of carbonyl (C=O) groups excluding carboxylic acids is 1. The maximum atomic E-state index is 12.7. The quantitative estimate of drug-likeness (QED) is 0.720. The summed E-state index contributed by atoms with van der Waals surface area (Å²) in [5.41, 5.74) is 2.09. The predicted molar refractivity (Wildman–Crippen MR) is 103 cm³/mol. The number of nitrogens with one attached hydrogen (secondary N) is 1. The number of nitrogens with zero attached hydrogens (tertiary/aromatic N) is 3. The van der Waals surface area contributed by atoms with E-state index in [0.717, 1.165) is 16.6 Å². The van der Waals surface area contributed by atoms with E-state index in [2.05, 4.69) is 15.4 Å². The van der Waals surface area contributed by atoms with Crippen LogP contribution in [0.3, 0.4) is 0 Å². The Kier molecular flexibility index (Phi) is 5.30. The summed E-state index contributed by atoms with van der Waals surface area (Å²) in [6.45, 7) is 5.98. The first kappa shape index (κ1) is 18.7. The van der Waals surface area contributed by atoms with Gasteiger partial charge in [-0.2, -0.15) is 5.10 Å². The third-order valence-corrected chi connectivity index (χ3v) is 4.44. The summed E-state index contributed by atoms with van der Waals surface area (Å²) < 4.78 is 12.5. The average molecular weight is 368 g/mol. The summed E-state index contributed by atoms with van der Waals surface area (Å²) in [7, 11) is 3.21. The SMILES string of the molecule is COc1ccc(OC)c([C@@H](C)NC(=O)c2cnc3c(cnn3C(C)C)c2)c1. The highest BCUT2D eigenvalue weighted by Gasteiger charge is 2.17. The maximum absolute atomic E-state index is 12.7. The van der Waals surface area contributed by atoms with Gasteiger partial charge in [-0.05, 0) is 45.0 Å². The van der Waals surface area contributed by atoms with Gasteiger partial charge in [0.15, 0.2) is 5.65 Å². The van der Waals surface area contributed by atoms with Crippen molar-refractivity contribution in [2.45, 2.75) is 32.9 Å². The lowest BCUT2D eigenvalue weighted by molar-refractivity contribution is 0.0939. The second-order valence-electron chi connectivity index (χ2n) is 6.62. The smallest absolute Gasteiger partial charge is 0.253 e. The fourth-order valence-corrected chi connectivity index (χ4v) is 2.98. The molecule has 0 aliphatic carbocycles. The topological polar surface area (TPSA) is 78.3 Å². The van der Waals surface area contributed by atoms with Crippen molar-refractivity contribution in [2.24, 2.45) is 0 Å². The van der Waals surface area contributed by atoms with Crippen LogP contribution in [0.2, 0.25) is 0 Å². The van der Waals surface area contributed by atoms with E-state index in [1.165, 1.54) is 0 Å². The number of hydrogen-bond acceptors (Lipinski definition) is 5. The predicted octanol–water partition coefficient (Wildman–Crippen LogP) is 3.52. The van der Waals surface area contributed by atoms with Crippen molar-refractivity contribution < 1.29 is 14.3 Å². The minimum Gasteiger partial charge on any atom is -0.497 e. The number of amides is 1. The highest BCUT2D eigenvalue weighted by atomic mass is 16.5. The Hall–Kier alpha value is -3.09. The van der Waals surface area contributed by atoms with E-state index in [4.69, 9.17) is 9.47 Å². The van der Waals surface area contributed by atoms with Gasteiger partial charge in [-0.15, -0.1) is 0 Å². The van der Waals surface area contributed by atoms with Crippen molar-refractivity contribution >= 4 is 16.9 Å². The first-order valence-electron chi connectivity index (χ1n) is 8.80. The summed E-state index contributed by atoms with van der Waals surface area (Å²) in [4.78, 5) is 17.1. The fraction of sp³-hybridized carbons (Fsp3) is 0.350. The first-order chi connectivity index (χ1) is 12.9. The molecule has 7 heteroatoms. The molecular formula is C20H24N4O3. The number of pyridine rings is 1. The van der Waals surface area contributed by atoms with E-state index < -0.39 is 0 Å². The van der Waals surface area contributed by atoms with Crippen LogP contribution in [0.25, 0.3) is 11.0 Å². The van der Waals surface area contributed by atoms with Gasteiger partial charge in [0.25, 0.3) is 5.91 Å². The van der Waals surface area contributed by atoms with Crippen LogP contribution < -0.4 is 14.8 Å². The van der Waals surface area contributed by atoms with Crippen molar-refractivity contribution in [1.29, 1.82) is 0 Å². The molecule has 1 atom stereocenters. The normalized spacial score (nSPS) is 12.2. The largest absolute Gasteiger partial charge is 0.497 e. The molecule has 27 heavy (non-hydrogen) atoms. The number of benzene rings is 1. The Morgan fingerprint density at radius 1 is 1.11 bits per heavy atom. The Labute approximate surface area is 158 Å². The highest BCUT2D eigenvalue weighted by molar-refractivity contribution is 5.97. The molecule has 2 heterocycles.